The summed E-state index contributed by atoms with van der Waals surface area (Å²) in [5, 5.41) is 6.28. The van der Waals surface area contributed by atoms with Gasteiger partial charge in [0.05, 0.1) is 5.92 Å². The first kappa shape index (κ1) is 13.6. The van der Waals surface area contributed by atoms with Crippen LogP contribution in [0, 0.1) is 11.7 Å². The molecule has 1 saturated heterocycles. The highest BCUT2D eigenvalue weighted by Crippen LogP contribution is 2.48. The number of amides is 1. The molecular weight excluding hydrogens is 255 g/mol. The molecule has 1 aromatic carbocycles. The molecule has 0 radical (unpaired) electrons. The largest absolute Gasteiger partial charge is 0.355 e. The zero-order valence-electron chi connectivity index (χ0n) is 11.6. The second-order valence-corrected chi connectivity index (χ2v) is 6.02. The van der Waals surface area contributed by atoms with Crippen LogP contribution in [0.15, 0.2) is 24.3 Å². The minimum atomic E-state index is -0.164. The fourth-order valence-electron chi connectivity index (χ4n) is 3.06. The van der Waals surface area contributed by atoms with Crippen LogP contribution in [0.2, 0.25) is 0 Å². The van der Waals surface area contributed by atoms with Gasteiger partial charge in [0.25, 0.3) is 0 Å². The fraction of sp³-hybridized carbons (Fsp3) is 0.562. The average Bonchev–Trinajstić information content (AvgIpc) is 3.27. The molecular formula is C16H21FN2O. The monoisotopic (exact) mass is 276 g/mol. The quantitative estimate of drug-likeness (QED) is 0.883. The number of carbonyl (C=O) groups excluding carboxylic acids is 1. The van der Waals surface area contributed by atoms with E-state index in [2.05, 4.69) is 10.6 Å². The van der Waals surface area contributed by atoms with E-state index in [1.807, 2.05) is 12.1 Å². The van der Waals surface area contributed by atoms with Gasteiger partial charge in [0.1, 0.15) is 5.82 Å². The summed E-state index contributed by atoms with van der Waals surface area (Å²) in [6.07, 6.45) is 3.91. The lowest BCUT2D eigenvalue weighted by Crippen LogP contribution is -2.42. The van der Waals surface area contributed by atoms with Crippen molar-refractivity contribution in [2.75, 3.05) is 19.6 Å². The van der Waals surface area contributed by atoms with Crippen molar-refractivity contribution in [2.24, 2.45) is 5.92 Å². The number of hydrogen-bond acceptors (Lipinski definition) is 2. The lowest BCUT2D eigenvalue weighted by molar-refractivity contribution is -0.125. The number of piperidine rings is 1. The molecule has 3 rings (SSSR count). The first-order valence-electron chi connectivity index (χ1n) is 7.45. The lowest BCUT2D eigenvalue weighted by Gasteiger charge is -2.24. The number of carbonyl (C=O) groups is 1. The molecule has 2 N–H and O–H groups in total. The second kappa shape index (κ2) is 5.52. The molecule has 1 aromatic rings. The van der Waals surface area contributed by atoms with Crippen LogP contribution in [0.4, 0.5) is 4.39 Å². The topological polar surface area (TPSA) is 41.1 Å². The van der Waals surface area contributed by atoms with Gasteiger partial charge in [-0.15, -0.1) is 0 Å². The van der Waals surface area contributed by atoms with Gasteiger partial charge in [-0.25, -0.2) is 4.39 Å². The van der Waals surface area contributed by atoms with Gasteiger partial charge in [0, 0.05) is 18.5 Å². The average molecular weight is 276 g/mol. The van der Waals surface area contributed by atoms with Crippen LogP contribution in [0.25, 0.3) is 0 Å². The van der Waals surface area contributed by atoms with E-state index in [0.29, 0.717) is 6.54 Å². The SMILES string of the molecule is O=C(NCC1(c2ccccc2F)CC1)C1CCCNC1. The third-order valence-corrected chi connectivity index (χ3v) is 4.57. The summed E-state index contributed by atoms with van der Waals surface area (Å²) in [4.78, 5) is 12.1. The third kappa shape index (κ3) is 2.70. The Kier molecular flexibility index (Phi) is 3.74. The van der Waals surface area contributed by atoms with Crippen LogP contribution >= 0.6 is 0 Å². The van der Waals surface area contributed by atoms with Crippen LogP contribution in [0.1, 0.15) is 31.2 Å². The van der Waals surface area contributed by atoms with Gasteiger partial charge in [-0.05, 0) is 43.9 Å². The van der Waals surface area contributed by atoms with Crippen molar-refractivity contribution < 1.29 is 9.18 Å². The molecule has 1 aliphatic carbocycles. The van der Waals surface area contributed by atoms with Crippen molar-refractivity contribution in [3.05, 3.63) is 35.6 Å². The molecule has 1 atom stereocenters. The van der Waals surface area contributed by atoms with Crippen molar-refractivity contribution in [1.29, 1.82) is 0 Å². The Labute approximate surface area is 118 Å². The maximum Gasteiger partial charge on any atom is 0.224 e. The Bertz CT molecular complexity index is 493. The van der Waals surface area contributed by atoms with E-state index in [9.17, 15) is 9.18 Å². The Hall–Kier alpha value is -1.42. The molecule has 1 amide bonds. The van der Waals surface area contributed by atoms with E-state index in [4.69, 9.17) is 0 Å². The van der Waals surface area contributed by atoms with E-state index < -0.39 is 0 Å². The molecule has 2 aliphatic rings. The highest BCUT2D eigenvalue weighted by atomic mass is 19.1. The third-order valence-electron chi connectivity index (χ3n) is 4.57. The van der Waals surface area contributed by atoms with Crippen molar-refractivity contribution in [2.45, 2.75) is 31.1 Å². The van der Waals surface area contributed by atoms with E-state index in [1.165, 1.54) is 6.07 Å². The number of halogens is 1. The summed E-state index contributed by atoms with van der Waals surface area (Å²) in [7, 11) is 0. The van der Waals surface area contributed by atoms with Crippen molar-refractivity contribution in [1.82, 2.24) is 10.6 Å². The summed E-state index contributed by atoms with van der Waals surface area (Å²) in [6, 6.07) is 6.92. The molecule has 0 aromatic heterocycles. The number of benzene rings is 1. The van der Waals surface area contributed by atoms with E-state index in [1.54, 1.807) is 6.07 Å². The summed E-state index contributed by atoms with van der Waals surface area (Å²) in [5.41, 5.74) is 0.588. The zero-order chi connectivity index (χ0) is 14.0. The predicted molar refractivity (Wildman–Crippen MR) is 75.9 cm³/mol. The minimum absolute atomic E-state index is 0.0696. The maximum atomic E-state index is 13.9. The zero-order valence-corrected chi connectivity index (χ0v) is 11.6. The predicted octanol–water partition coefficient (Wildman–Crippen LogP) is 1.97. The minimum Gasteiger partial charge on any atom is -0.355 e. The van der Waals surface area contributed by atoms with Crippen LogP contribution in [-0.4, -0.2) is 25.5 Å². The number of nitrogens with one attached hydrogen (secondary N) is 2. The standard InChI is InChI=1S/C16H21FN2O/c17-14-6-2-1-5-13(14)16(7-8-16)11-19-15(20)12-4-3-9-18-10-12/h1-2,5-6,12,18H,3-4,7-11H2,(H,19,20). The highest BCUT2D eigenvalue weighted by Gasteiger charge is 2.46. The molecule has 20 heavy (non-hydrogen) atoms. The van der Waals surface area contributed by atoms with Crippen LogP contribution in [0.5, 0.6) is 0 Å². The molecule has 4 heteroatoms. The molecule has 1 aliphatic heterocycles. The Morgan fingerprint density at radius 3 is 2.85 bits per heavy atom. The van der Waals surface area contributed by atoms with Crippen LogP contribution in [0.3, 0.4) is 0 Å². The first-order chi connectivity index (χ1) is 9.71. The van der Waals surface area contributed by atoms with Crippen LogP contribution < -0.4 is 10.6 Å². The van der Waals surface area contributed by atoms with Gasteiger partial charge >= 0.3 is 0 Å². The number of hydrogen-bond donors (Lipinski definition) is 2. The second-order valence-electron chi connectivity index (χ2n) is 6.02. The molecule has 3 nitrogen and oxygen atoms in total. The van der Waals surface area contributed by atoms with Gasteiger partial charge in [-0.2, -0.15) is 0 Å². The van der Waals surface area contributed by atoms with Gasteiger partial charge in [0.15, 0.2) is 0 Å². The summed E-state index contributed by atoms with van der Waals surface area (Å²) in [5.74, 6) is 0.0265. The smallest absolute Gasteiger partial charge is 0.224 e. The Morgan fingerprint density at radius 2 is 2.20 bits per heavy atom. The molecule has 1 unspecified atom stereocenters. The molecule has 2 fully saturated rings. The highest BCUT2D eigenvalue weighted by molar-refractivity contribution is 5.79. The maximum absolute atomic E-state index is 13.9. The van der Waals surface area contributed by atoms with Gasteiger partial charge in [0.2, 0.25) is 5.91 Å². The van der Waals surface area contributed by atoms with Crippen molar-refractivity contribution >= 4 is 5.91 Å². The molecule has 0 spiro atoms. The van der Waals surface area contributed by atoms with Crippen molar-refractivity contribution in [3.8, 4) is 0 Å². The van der Waals surface area contributed by atoms with Gasteiger partial charge in [-0.1, -0.05) is 18.2 Å². The fourth-order valence-corrected chi connectivity index (χ4v) is 3.06. The van der Waals surface area contributed by atoms with E-state index in [-0.39, 0.29) is 23.1 Å². The van der Waals surface area contributed by atoms with Gasteiger partial charge < -0.3 is 10.6 Å². The Balaban J connectivity index is 1.60. The lowest BCUT2D eigenvalue weighted by atomic mass is 9.94. The van der Waals surface area contributed by atoms with Gasteiger partial charge in [-0.3, -0.25) is 4.79 Å². The summed E-state index contributed by atoms with van der Waals surface area (Å²) >= 11 is 0. The molecule has 108 valence electrons. The number of rotatable bonds is 4. The van der Waals surface area contributed by atoms with E-state index in [0.717, 1.165) is 44.3 Å². The van der Waals surface area contributed by atoms with E-state index >= 15 is 0 Å². The first-order valence-corrected chi connectivity index (χ1v) is 7.45. The molecule has 0 bridgehead atoms. The van der Waals surface area contributed by atoms with Crippen molar-refractivity contribution in [3.63, 3.8) is 0 Å². The normalized spacial score (nSPS) is 24.1. The molecule has 1 heterocycles. The summed E-state index contributed by atoms with van der Waals surface area (Å²) in [6.45, 7) is 2.32. The van der Waals surface area contributed by atoms with Crippen LogP contribution in [-0.2, 0) is 10.2 Å². The summed E-state index contributed by atoms with van der Waals surface area (Å²) < 4.78 is 13.9. The molecule has 1 saturated carbocycles. The Morgan fingerprint density at radius 1 is 1.40 bits per heavy atom.